The first-order valence-corrected chi connectivity index (χ1v) is 7.43. The Bertz CT molecular complexity index is 238. The summed E-state index contributed by atoms with van der Waals surface area (Å²) in [7, 11) is 2.37. The lowest BCUT2D eigenvalue weighted by atomic mass is 9.69. The molecule has 0 radical (unpaired) electrons. The van der Waals surface area contributed by atoms with Crippen molar-refractivity contribution < 1.29 is 0 Å². The standard InChI is InChI=1S/C15H30N2/c1-15(2,3)13-7-5-6-8-14(13)17(4)12-9-10-16-11-12/h12-14,16H,5-11H2,1-4H3. The van der Waals surface area contributed by atoms with Gasteiger partial charge in [0, 0.05) is 18.6 Å². The van der Waals surface area contributed by atoms with E-state index in [1.807, 2.05) is 0 Å². The average Bonchev–Trinajstić information content (AvgIpc) is 2.80. The summed E-state index contributed by atoms with van der Waals surface area (Å²) in [5, 5.41) is 3.50. The van der Waals surface area contributed by atoms with Gasteiger partial charge in [-0.3, -0.25) is 4.90 Å². The second-order valence-electron chi connectivity index (χ2n) is 7.14. The maximum atomic E-state index is 3.50. The molecule has 3 atom stereocenters. The molecule has 1 saturated carbocycles. The third-order valence-corrected chi connectivity index (χ3v) is 4.98. The quantitative estimate of drug-likeness (QED) is 0.796. The SMILES string of the molecule is CN(C1CCNC1)C1CCCCC1C(C)(C)C. The molecule has 0 bridgehead atoms. The third kappa shape index (κ3) is 3.03. The highest BCUT2D eigenvalue weighted by Crippen LogP contribution is 2.40. The van der Waals surface area contributed by atoms with Crippen LogP contribution in [0.1, 0.15) is 52.9 Å². The maximum Gasteiger partial charge on any atom is 0.0232 e. The lowest BCUT2D eigenvalue weighted by Crippen LogP contribution is -2.49. The van der Waals surface area contributed by atoms with Crippen LogP contribution in [-0.2, 0) is 0 Å². The highest BCUT2D eigenvalue weighted by molar-refractivity contribution is 4.92. The van der Waals surface area contributed by atoms with E-state index >= 15 is 0 Å². The van der Waals surface area contributed by atoms with E-state index in [1.165, 1.54) is 45.2 Å². The van der Waals surface area contributed by atoms with Crippen LogP contribution < -0.4 is 5.32 Å². The molecule has 0 spiro atoms. The van der Waals surface area contributed by atoms with Gasteiger partial charge in [0.25, 0.3) is 0 Å². The molecule has 0 aromatic heterocycles. The predicted molar refractivity (Wildman–Crippen MR) is 74.2 cm³/mol. The highest BCUT2D eigenvalue weighted by atomic mass is 15.2. The third-order valence-electron chi connectivity index (χ3n) is 4.98. The molecule has 17 heavy (non-hydrogen) atoms. The second kappa shape index (κ2) is 5.27. The van der Waals surface area contributed by atoms with Gasteiger partial charge in [0.1, 0.15) is 0 Å². The summed E-state index contributed by atoms with van der Waals surface area (Å²) in [5.74, 6) is 0.877. The fourth-order valence-electron chi connectivity index (χ4n) is 3.87. The van der Waals surface area contributed by atoms with Crippen LogP contribution in [0, 0.1) is 11.3 Å². The van der Waals surface area contributed by atoms with E-state index < -0.39 is 0 Å². The number of nitrogens with zero attached hydrogens (tertiary/aromatic N) is 1. The number of rotatable bonds is 2. The molecule has 1 heterocycles. The van der Waals surface area contributed by atoms with E-state index in [4.69, 9.17) is 0 Å². The molecular weight excluding hydrogens is 208 g/mol. The highest BCUT2D eigenvalue weighted by Gasteiger charge is 2.38. The molecular formula is C15H30N2. The molecule has 1 saturated heterocycles. The zero-order valence-corrected chi connectivity index (χ0v) is 12.1. The van der Waals surface area contributed by atoms with Gasteiger partial charge in [0.2, 0.25) is 0 Å². The lowest BCUT2D eigenvalue weighted by Gasteiger charge is -2.46. The molecule has 0 aromatic carbocycles. The summed E-state index contributed by atoms with van der Waals surface area (Å²) < 4.78 is 0. The molecule has 0 amide bonds. The number of nitrogens with one attached hydrogen (secondary N) is 1. The van der Waals surface area contributed by atoms with Crippen molar-refractivity contribution in [3.8, 4) is 0 Å². The minimum absolute atomic E-state index is 0.464. The summed E-state index contributed by atoms with van der Waals surface area (Å²) >= 11 is 0. The van der Waals surface area contributed by atoms with Crippen LogP contribution in [0.25, 0.3) is 0 Å². The first-order chi connectivity index (χ1) is 8.00. The Hall–Kier alpha value is -0.0800. The molecule has 2 heteroatoms. The van der Waals surface area contributed by atoms with E-state index in [-0.39, 0.29) is 0 Å². The van der Waals surface area contributed by atoms with Crippen molar-refractivity contribution >= 4 is 0 Å². The molecule has 2 rings (SSSR count). The molecule has 3 unspecified atom stereocenters. The van der Waals surface area contributed by atoms with Crippen LogP contribution >= 0.6 is 0 Å². The second-order valence-corrected chi connectivity index (χ2v) is 7.14. The molecule has 2 nitrogen and oxygen atoms in total. The van der Waals surface area contributed by atoms with Gasteiger partial charge in [0.15, 0.2) is 0 Å². The lowest BCUT2D eigenvalue weighted by molar-refractivity contribution is 0.0369. The molecule has 1 N–H and O–H groups in total. The van der Waals surface area contributed by atoms with Crippen LogP contribution in [0.2, 0.25) is 0 Å². The topological polar surface area (TPSA) is 15.3 Å². The summed E-state index contributed by atoms with van der Waals surface area (Å²) in [6.07, 6.45) is 7.05. The van der Waals surface area contributed by atoms with Crippen molar-refractivity contribution in [3.63, 3.8) is 0 Å². The van der Waals surface area contributed by atoms with Gasteiger partial charge in [-0.25, -0.2) is 0 Å². The Morgan fingerprint density at radius 3 is 2.35 bits per heavy atom. The summed E-state index contributed by atoms with van der Waals surface area (Å²) in [6, 6.07) is 1.59. The predicted octanol–water partition coefficient (Wildman–Crippen LogP) is 2.89. The smallest absolute Gasteiger partial charge is 0.0232 e. The van der Waals surface area contributed by atoms with E-state index in [0.717, 1.165) is 18.0 Å². The van der Waals surface area contributed by atoms with Gasteiger partial charge >= 0.3 is 0 Å². The Kier molecular flexibility index (Phi) is 4.14. The van der Waals surface area contributed by atoms with Crippen molar-refractivity contribution in [3.05, 3.63) is 0 Å². The molecule has 1 aliphatic carbocycles. The van der Waals surface area contributed by atoms with Gasteiger partial charge < -0.3 is 5.32 Å². The summed E-state index contributed by atoms with van der Waals surface area (Å²) in [6.45, 7) is 9.69. The van der Waals surface area contributed by atoms with Crippen molar-refractivity contribution in [1.82, 2.24) is 10.2 Å². The maximum absolute atomic E-state index is 3.50. The van der Waals surface area contributed by atoms with Crippen LogP contribution in [0.15, 0.2) is 0 Å². The fourth-order valence-corrected chi connectivity index (χ4v) is 3.87. The Balaban J connectivity index is 2.04. The molecule has 1 aliphatic heterocycles. The van der Waals surface area contributed by atoms with Gasteiger partial charge in [-0.2, -0.15) is 0 Å². The van der Waals surface area contributed by atoms with Gasteiger partial charge in [-0.05, 0) is 44.2 Å². The van der Waals surface area contributed by atoms with Gasteiger partial charge in [-0.15, -0.1) is 0 Å². The van der Waals surface area contributed by atoms with Crippen molar-refractivity contribution in [1.29, 1.82) is 0 Å². The first-order valence-electron chi connectivity index (χ1n) is 7.43. The van der Waals surface area contributed by atoms with Crippen molar-refractivity contribution in [2.75, 3.05) is 20.1 Å². The minimum Gasteiger partial charge on any atom is -0.315 e. The normalized spacial score (nSPS) is 35.5. The van der Waals surface area contributed by atoms with Crippen LogP contribution in [0.4, 0.5) is 0 Å². The van der Waals surface area contributed by atoms with Crippen LogP contribution in [0.5, 0.6) is 0 Å². The minimum atomic E-state index is 0.464. The van der Waals surface area contributed by atoms with E-state index in [9.17, 15) is 0 Å². The number of hydrogen-bond acceptors (Lipinski definition) is 2. The Morgan fingerprint density at radius 1 is 1.06 bits per heavy atom. The van der Waals surface area contributed by atoms with E-state index in [0.29, 0.717) is 5.41 Å². The van der Waals surface area contributed by atoms with E-state index in [1.54, 1.807) is 0 Å². The zero-order valence-electron chi connectivity index (χ0n) is 12.1. The van der Waals surface area contributed by atoms with Crippen LogP contribution in [-0.4, -0.2) is 37.1 Å². The van der Waals surface area contributed by atoms with Crippen molar-refractivity contribution in [2.24, 2.45) is 11.3 Å². The zero-order chi connectivity index (χ0) is 12.5. The van der Waals surface area contributed by atoms with E-state index in [2.05, 4.69) is 38.0 Å². The Morgan fingerprint density at radius 2 is 1.76 bits per heavy atom. The number of hydrogen-bond donors (Lipinski definition) is 1. The monoisotopic (exact) mass is 238 g/mol. The first kappa shape index (κ1) is 13.4. The van der Waals surface area contributed by atoms with Crippen molar-refractivity contribution in [2.45, 2.75) is 65.0 Å². The summed E-state index contributed by atoms with van der Waals surface area (Å²) in [5.41, 5.74) is 0.464. The fraction of sp³-hybridized carbons (Fsp3) is 1.00. The molecule has 100 valence electrons. The Labute approximate surface area is 107 Å². The largest absolute Gasteiger partial charge is 0.315 e. The van der Waals surface area contributed by atoms with Crippen LogP contribution in [0.3, 0.4) is 0 Å². The molecule has 2 fully saturated rings. The average molecular weight is 238 g/mol. The summed E-state index contributed by atoms with van der Waals surface area (Å²) in [4.78, 5) is 2.70. The van der Waals surface area contributed by atoms with Gasteiger partial charge in [-0.1, -0.05) is 33.6 Å². The van der Waals surface area contributed by atoms with Gasteiger partial charge in [0.05, 0.1) is 0 Å². The molecule has 2 aliphatic rings. The molecule has 0 aromatic rings. The number of likely N-dealkylation sites (N-methyl/N-ethyl adjacent to an activating group) is 1.